The van der Waals surface area contributed by atoms with Crippen LogP contribution in [0, 0.1) is 11.3 Å². The first-order chi connectivity index (χ1) is 8.25. The minimum Gasteiger partial charge on any atom is -0.466 e. The van der Waals surface area contributed by atoms with E-state index < -0.39 is 0 Å². The van der Waals surface area contributed by atoms with Crippen LogP contribution in [0.25, 0.3) is 0 Å². The van der Waals surface area contributed by atoms with Gasteiger partial charge >= 0.3 is 5.97 Å². The van der Waals surface area contributed by atoms with Crippen LogP contribution in [0.2, 0.25) is 0 Å². The van der Waals surface area contributed by atoms with E-state index in [0.717, 1.165) is 12.8 Å². The van der Waals surface area contributed by atoms with Crippen molar-refractivity contribution in [1.29, 1.82) is 0 Å². The van der Waals surface area contributed by atoms with Crippen molar-refractivity contribution in [3.63, 3.8) is 0 Å². The summed E-state index contributed by atoms with van der Waals surface area (Å²) in [7, 11) is 0. The summed E-state index contributed by atoms with van der Waals surface area (Å²) in [6.45, 7) is 4.54. The van der Waals surface area contributed by atoms with E-state index in [1.54, 1.807) is 0 Å². The lowest BCUT2D eigenvalue weighted by atomic mass is 9.95. The van der Waals surface area contributed by atoms with E-state index in [1.807, 2.05) is 6.92 Å². The van der Waals surface area contributed by atoms with Crippen molar-refractivity contribution < 1.29 is 9.53 Å². The molecule has 2 aliphatic rings. The predicted octanol–water partition coefficient (Wildman–Crippen LogP) is 2.92. The molecular formula is C15H18O2. The summed E-state index contributed by atoms with van der Waals surface area (Å²) in [5, 5.41) is 0. The highest BCUT2D eigenvalue weighted by Gasteiger charge is 2.72. The molecule has 1 aromatic carbocycles. The minimum atomic E-state index is -0.214. The highest BCUT2D eigenvalue weighted by molar-refractivity contribution is 5.86. The average molecular weight is 230 g/mol. The van der Waals surface area contributed by atoms with Gasteiger partial charge in [0.1, 0.15) is 0 Å². The monoisotopic (exact) mass is 230 g/mol. The molecule has 3 atom stereocenters. The molecule has 0 amide bonds. The van der Waals surface area contributed by atoms with Gasteiger partial charge in [-0.25, -0.2) is 0 Å². The molecule has 3 rings (SSSR count). The van der Waals surface area contributed by atoms with Crippen LogP contribution in [0.4, 0.5) is 0 Å². The number of fused-ring (bicyclic) bond motifs is 3. The van der Waals surface area contributed by atoms with Crippen LogP contribution < -0.4 is 0 Å². The molecule has 2 nitrogen and oxygen atoms in total. The Morgan fingerprint density at radius 3 is 2.88 bits per heavy atom. The largest absolute Gasteiger partial charge is 0.466 e. The third kappa shape index (κ3) is 1.24. The standard InChI is InChI=1S/C15H18O2/c1-3-12-13-11-8-6-5-7-10(11)9-15(12,13)14(16)17-4-2/h5-8,12-13H,3-4,9H2,1-2H3. The Labute approximate surface area is 102 Å². The quantitative estimate of drug-likeness (QED) is 0.746. The Hall–Kier alpha value is -1.31. The van der Waals surface area contributed by atoms with Crippen molar-refractivity contribution in [1.82, 2.24) is 0 Å². The molecule has 1 saturated carbocycles. The van der Waals surface area contributed by atoms with Gasteiger partial charge in [-0.05, 0) is 30.4 Å². The summed E-state index contributed by atoms with van der Waals surface area (Å²) in [4.78, 5) is 12.2. The zero-order valence-electron chi connectivity index (χ0n) is 10.4. The third-order valence-electron chi connectivity index (χ3n) is 4.48. The molecular weight excluding hydrogens is 212 g/mol. The molecule has 0 radical (unpaired) electrons. The van der Waals surface area contributed by atoms with Gasteiger partial charge in [0.05, 0.1) is 12.0 Å². The second-order valence-electron chi connectivity index (χ2n) is 5.13. The van der Waals surface area contributed by atoms with Crippen molar-refractivity contribution in [2.24, 2.45) is 11.3 Å². The third-order valence-corrected chi connectivity index (χ3v) is 4.48. The second kappa shape index (κ2) is 3.59. The van der Waals surface area contributed by atoms with Gasteiger partial charge in [-0.3, -0.25) is 4.79 Å². The lowest BCUT2D eigenvalue weighted by molar-refractivity contribution is -0.150. The van der Waals surface area contributed by atoms with E-state index in [0.29, 0.717) is 18.4 Å². The molecule has 17 heavy (non-hydrogen) atoms. The SMILES string of the molecule is CCOC(=O)C12Cc3ccccc3C1C2CC. The number of esters is 1. The van der Waals surface area contributed by atoms with Crippen LogP contribution in [-0.2, 0) is 16.0 Å². The summed E-state index contributed by atoms with van der Waals surface area (Å²) < 4.78 is 5.29. The Morgan fingerprint density at radius 1 is 1.41 bits per heavy atom. The normalized spacial score (nSPS) is 32.8. The number of hydrogen-bond acceptors (Lipinski definition) is 2. The number of carbonyl (C=O) groups is 1. The van der Waals surface area contributed by atoms with Gasteiger partial charge in [0.15, 0.2) is 0 Å². The molecule has 0 aromatic heterocycles. The van der Waals surface area contributed by atoms with Crippen molar-refractivity contribution in [2.45, 2.75) is 32.6 Å². The smallest absolute Gasteiger partial charge is 0.313 e. The molecule has 0 N–H and O–H groups in total. The Balaban J connectivity index is 1.96. The number of hydrogen-bond donors (Lipinski definition) is 0. The molecule has 2 aliphatic carbocycles. The molecule has 1 fully saturated rings. The lowest BCUT2D eigenvalue weighted by Crippen LogP contribution is -2.22. The fourth-order valence-electron chi connectivity index (χ4n) is 3.78. The predicted molar refractivity (Wildman–Crippen MR) is 65.7 cm³/mol. The number of benzene rings is 1. The topological polar surface area (TPSA) is 26.3 Å². The zero-order chi connectivity index (χ0) is 12.0. The van der Waals surface area contributed by atoms with E-state index in [9.17, 15) is 4.79 Å². The van der Waals surface area contributed by atoms with Gasteiger partial charge in [-0.1, -0.05) is 37.6 Å². The number of ether oxygens (including phenoxy) is 1. The van der Waals surface area contributed by atoms with E-state index in [2.05, 4.69) is 31.2 Å². The van der Waals surface area contributed by atoms with E-state index in [1.165, 1.54) is 11.1 Å². The molecule has 1 aromatic rings. The van der Waals surface area contributed by atoms with Crippen LogP contribution >= 0.6 is 0 Å². The molecule has 0 bridgehead atoms. The molecule has 0 spiro atoms. The number of rotatable bonds is 3. The summed E-state index contributed by atoms with van der Waals surface area (Å²) in [6, 6.07) is 8.46. The molecule has 0 saturated heterocycles. The fraction of sp³-hybridized carbons (Fsp3) is 0.533. The van der Waals surface area contributed by atoms with Crippen molar-refractivity contribution in [2.75, 3.05) is 6.61 Å². The summed E-state index contributed by atoms with van der Waals surface area (Å²) in [6.07, 6.45) is 1.95. The van der Waals surface area contributed by atoms with Gasteiger partial charge < -0.3 is 4.74 Å². The first kappa shape index (κ1) is 10.8. The summed E-state index contributed by atoms with van der Waals surface area (Å²) >= 11 is 0. The Morgan fingerprint density at radius 2 is 2.18 bits per heavy atom. The van der Waals surface area contributed by atoms with Crippen LogP contribution in [0.1, 0.15) is 37.3 Å². The molecule has 0 aliphatic heterocycles. The Kier molecular flexibility index (Phi) is 2.29. The summed E-state index contributed by atoms with van der Waals surface area (Å²) in [5.41, 5.74) is 2.51. The van der Waals surface area contributed by atoms with Gasteiger partial charge in [-0.15, -0.1) is 0 Å². The van der Waals surface area contributed by atoms with Crippen LogP contribution in [-0.4, -0.2) is 12.6 Å². The number of carbonyl (C=O) groups excluding carboxylic acids is 1. The van der Waals surface area contributed by atoms with Crippen LogP contribution in [0.15, 0.2) is 24.3 Å². The van der Waals surface area contributed by atoms with Crippen molar-refractivity contribution >= 4 is 5.97 Å². The molecule has 90 valence electrons. The first-order valence-corrected chi connectivity index (χ1v) is 6.50. The lowest BCUT2D eigenvalue weighted by Gasteiger charge is -2.13. The van der Waals surface area contributed by atoms with Crippen LogP contribution in [0.3, 0.4) is 0 Å². The maximum absolute atomic E-state index is 12.2. The van der Waals surface area contributed by atoms with Crippen molar-refractivity contribution in [3.05, 3.63) is 35.4 Å². The molecule has 0 heterocycles. The van der Waals surface area contributed by atoms with Gasteiger partial charge in [0.2, 0.25) is 0 Å². The Bertz CT molecular complexity index is 466. The highest BCUT2D eigenvalue weighted by atomic mass is 16.5. The van der Waals surface area contributed by atoms with Crippen molar-refractivity contribution in [3.8, 4) is 0 Å². The summed E-state index contributed by atoms with van der Waals surface area (Å²) in [5.74, 6) is 0.937. The zero-order valence-corrected chi connectivity index (χ0v) is 10.4. The van der Waals surface area contributed by atoms with Gasteiger partial charge in [0, 0.05) is 5.92 Å². The maximum atomic E-state index is 12.2. The van der Waals surface area contributed by atoms with Gasteiger partial charge in [-0.2, -0.15) is 0 Å². The first-order valence-electron chi connectivity index (χ1n) is 6.50. The van der Waals surface area contributed by atoms with E-state index >= 15 is 0 Å². The second-order valence-corrected chi connectivity index (χ2v) is 5.13. The fourth-order valence-corrected chi connectivity index (χ4v) is 3.78. The van der Waals surface area contributed by atoms with E-state index in [-0.39, 0.29) is 11.4 Å². The highest BCUT2D eigenvalue weighted by Crippen LogP contribution is 2.72. The van der Waals surface area contributed by atoms with E-state index in [4.69, 9.17) is 4.74 Å². The molecule has 3 unspecified atom stereocenters. The van der Waals surface area contributed by atoms with Gasteiger partial charge in [0.25, 0.3) is 0 Å². The molecule has 2 heteroatoms. The maximum Gasteiger partial charge on any atom is 0.313 e. The average Bonchev–Trinajstić information content (AvgIpc) is 2.87. The van der Waals surface area contributed by atoms with Crippen LogP contribution in [0.5, 0.6) is 0 Å². The minimum absolute atomic E-state index is 0.0213.